The van der Waals surface area contributed by atoms with Crippen LogP contribution in [0.15, 0.2) is 24.4 Å². The molecule has 4 rings (SSSR count). The summed E-state index contributed by atoms with van der Waals surface area (Å²) in [6, 6.07) is 7.98. The Morgan fingerprint density at radius 3 is 2.96 bits per heavy atom. The van der Waals surface area contributed by atoms with E-state index in [-0.39, 0.29) is 12.0 Å². The molecule has 0 bridgehead atoms. The highest BCUT2D eigenvalue weighted by atomic mass is 16.5. The van der Waals surface area contributed by atoms with Crippen molar-refractivity contribution in [2.75, 3.05) is 37.7 Å². The van der Waals surface area contributed by atoms with E-state index in [4.69, 9.17) is 4.74 Å². The highest BCUT2D eigenvalue weighted by Gasteiger charge is 2.30. The summed E-state index contributed by atoms with van der Waals surface area (Å²) >= 11 is 0. The number of aromatic nitrogens is 2. The van der Waals surface area contributed by atoms with Crippen LogP contribution in [0, 0.1) is 11.3 Å². The molecular formula is C18H21N5O2. The van der Waals surface area contributed by atoms with E-state index < -0.39 is 0 Å². The predicted octanol–water partition coefficient (Wildman–Crippen LogP) is 1.42. The van der Waals surface area contributed by atoms with Crippen molar-refractivity contribution in [3.63, 3.8) is 0 Å². The molecule has 130 valence electrons. The number of hydrogen-bond acceptors (Lipinski definition) is 5. The van der Waals surface area contributed by atoms with Crippen molar-refractivity contribution in [1.82, 2.24) is 14.3 Å². The van der Waals surface area contributed by atoms with E-state index in [0.717, 1.165) is 38.0 Å². The summed E-state index contributed by atoms with van der Waals surface area (Å²) in [6.07, 6.45) is 4.23. The van der Waals surface area contributed by atoms with Gasteiger partial charge in [-0.05, 0) is 31.4 Å². The van der Waals surface area contributed by atoms with Crippen LogP contribution in [0.25, 0.3) is 5.65 Å². The molecule has 2 aliphatic rings. The SMILES string of the molecule is N#Cc1c(N2CCCN(C(=O)C3CCCO3)CC2)nc2ccccn12. The van der Waals surface area contributed by atoms with Crippen LogP contribution in [-0.2, 0) is 9.53 Å². The van der Waals surface area contributed by atoms with Gasteiger partial charge in [0.1, 0.15) is 17.8 Å². The minimum Gasteiger partial charge on any atom is -0.368 e. The second-order valence-electron chi connectivity index (χ2n) is 6.49. The highest BCUT2D eigenvalue weighted by molar-refractivity contribution is 5.81. The van der Waals surface area contributed by atoms with Crippen LogP contribution >= 0.6 is 0 Å². The Labute approximate surface area is 146 Å². The van der Waals surface area contributed by atoms with Crippen LogP contribution in [0.1, 0.15) is 25.0 Å². The number of hydrogen-bond donors (Lipinski definition) is 0. The molecular weight excluding hydrogens is 318 g/mol. The van der Waals surface area contributed by atoms with Gasteiger partial charge in [-0.25, -0.2) is 4.98 Å². The van der Waals surface area contributed by atoms with Crippen LogP contribution in [-0.4, -0.2) is 59.1 Å². The van der Waals surface area contributed by atoms with Crippen molar-refractivity contribution in [2.24, 2.45) is 0 Å². The molecule has 7 nitrogen and oxygen atoms in total. The summed E-state index contributed by atoms with van der Waals surface area (Å²) < 4.78 is 7.35. The Morgan fingerprint density at radius 1 is 1.24 bits per heavy atom. The van der Waals surface area contributed by atoms with Crippen LogP contribution in [0.2, 0.25) is 0 Å². The normalized spacial score (nSPS) is 21.3. The molecule has 0 saturated carbocycles. The summed E-state index contributed by atoms with van der Waals surface area (Å²) in [4.78, 5) is 21.2. The molecule has 1 amide bonds. The maximum atomic E-state index is 12.6. The lowest BCUT2D eigenvalue weighted by Crippen LogP contribution is -2.41. The molecule has 2 fully saturated rings. The molecule has 2 aliphatic heterocycles. The minimum atomic E-state index is -0.267. The molecule has 7 heteroatoms. The van der Waals surface area contributed by atoms with E-state index >= 15 is 0 Å². The molecule has 0 radical (unpaired) electrons. The van der Waals surface area contributed by atoms with Gasteiger partial charge in [-0.3, -0.25) is 9.20 Å². The summed E-state index contributed by atoms with van der Waals surface area (Å²) in [7, 11) is 0. The van der Waals surface area contributed by atoms with Gasteiger partial charge in [0.2, 0.25) is 0 Å². The number of ether oxygens (including phenoxy) is 1. The van der Waals surface area contributed by atoms with Crippen molar-refractivity contribution in [3.8, 4) is 6.07 Å². The standard InChI is InChI=1S/C18H21N5O2/c19-13-14-17(20-16-6-1-2-9-23(14)16)21-7-4-8-22(11-10-21)18(24)15-5-3-12-25-15/h1-2,6,9,15H,3-5,7-8,10-12H2. The first-order valence-corrected chi connectivity index (χ1v) is 8.80. The molecule has 0 N–H and O–H groups in total. The Bertz CT molecular complexity index is 818. The van der Waals surface area contributed by atoms with Gasteiger partial charge >= 0.3 is 0 Å². The fourth-order valence-electron chi connectivity index (χ4n) is 3.63. The maximum absolute atomic E-state index is 12.6. The number of anilines is 1. The summed E-state index contributed by atoms with van der Waals surface area (Å²) in [5.74, 6) is 0.815. The molecule has 2 aromatic rings. The molecule has 4 heterocycles. The number of carbonyl (C=O) groups excluding carboxylic acids is 1. The number of nitrogens with zero attached hydrogens (tertiary/aromatic N) is 5. The number of imidazole rings is 1. The summed E-state index contributed by atoms with van der Waals surface area (Å²) in [6.45, 7) is 3.51. The van der Waals surface area contributed by atoms with Gasteiger partial charge < -0.3 is 14.5 Å². The van der Waals surface area contributed by atoms with Crippen molar-refractivity contribution >= 4 is 17.4 Å². The number of amides is 1. The predicted molar refractivity (Wildman–Crippen MR) is 92.3 cm³/mol. The van der Waals surface area contributed by atoms with Crippen molar-refractivity contribution in [2.45, 2.75) is 25.4 Å². The van der Waals surface area contributed by atoms with E-state index in [1.807, 2.05) is 33.7 Å². The van der Waals surface area contributed by atoms with Crippen molar-refractivity contribution in [1.29, 1.82) is 5.26 Å². The molecule has 25 heavy (non-hydrogen) atoms. The fraction of sp³-hybridized carbons (Fsp3) is 0.500. The number of fused-ring (bicyclic) bond motifs is 1. The number of carbonyl (C=O) groups is 1. The molecule has 0 spiro atoms. The van der Waals surface area contributed by atoms with Crippen molar-refractivity contribution in [3.05, 3.63) is 30.1 Å². The Hall–Kier alpha value is -2.59. The van der Waals surface area contributed by atoms with E-state index in [0.29, 0.717) is 31.2 Å². The first-order valence-electron chi connectivity index (χ1n) is 8.80. The van der Waals surface area contributed by atoms with Gasteiger partial charge in [-0.2, -0.15) is 5.26 Å². The second kappa shape index (κ2) is 6.73. The van der Waals surface area contributed by atoms with Crippen LogP contribution < -0.4 is 4.90 Å². The van der Waals surface area contributed by atoms with Gasteiger partial charge in [-0.15, -0.1) is 0 Å². The first kappa shape index (κ1) is 15.9. The Morgan fingerprint density at radius 2 is 2.16 bits per heavy atom. The van der Waals surface area contributed by atoms with Crippen LogP contribution in [0.4, 0.5) is 5.82 Å². The molecule has 2 saturated heterocycles. The average Bonchev–Trinajstić information content (AvgIpc) is 3.23. The molecule has 1 atom stereocenters. The zero-order chi connectivity index (χ0) is 17.2. The fourth-order valence-corrected chi connectivity index (χ4v) is 3.63. The van der Waals surface area contributed by atoms with Crippen LogP contribution in [0.5, 0.6) is 0 Å². The van der Waals surface area contributed by atoms with E-state index in [1.54, 1.807) is 0 Å². The third-order valence-corrected chi connectivity index (χ3v) is 4.93. The van der Waals surface area contributed by atoms with E-state index in [2.05, 4.69) is 16.0 Å². The molecule has 0 aromatic carbocycles. The summed E-state index contributed by atoms with van der Waals surface area (Å²) in [5.41, 5.74) is 1.32. The lowest BCUT2D eigenvalue weighted by molar-refractivity contribution is -0.140. The van der Waals surface area contributed by atoms with Gasteiger partial charge in [0, 0.05) is 39.0 Å². The monoisotopic (exact) mass is 339 g/mol. The van der Waals surface area contributed by atoms with Crippen LogP contribution in [0.3, 0.4) is 0 Å². The topological polar surface area (TPSA) is 73.9 Å². The Balaban J connectivity index is 1.53. The number of pyridine rings is 1. The lowest BCUT2D eigenvalue weighted by atomic mass is 10.2. The quantitative estimate of drug-likeness (QED) is 0.827. The second-order valence-corrected chi connectivity index (χ2v) is 6.49. The number of rotatable bonds is 2. The van der Waals surface area contributed by atoms with Gasteiger partial charge in [0.25, 0.3) is 5.91 Å². The van der Waals surface area contributed by atoms with E-state index in [9.17, 15) is 10.1 Å². The maximum Gasteiger partial charge on any atom is 0.251 e. The van der Waals surface area contributed by atoms with Gasteiger partial charge in [-0.1, -0.05) is 6.07 Å². The first-order chi connectivity index (χ1) is 12.3. The average molecular weight is 339 g/mol. The molecule has 1 unspecified atom stereocenters. The summed E-state index contributed by atoms with van der Waals surface area (Å²) in [5, 5.41) is 9.57. The van der Waals surface area contributed by atoms with E-state index in [1.165, 1.54) is 0 Å². The van der Waals surface area contributed by atoms with Gasteiger partial charge in [0.15, 0.2) is 11.5 Å². The van der Waals surface area contributed by atoms with Crippen molar-refractivity contribution < 1.29 is 9.53 Å². The third-order valence-electron chi connectivity index (χ3n) is 4.93. The minimum absolute atomic E-state index is 0.106. The molecule has 0 aliphatic carbocycles. The zero-order valence-corrected chi connectivity index (χ0v) is 14.1. The largest absolute Gasteiger partial charge is 0.368 e. The lowest BCUT2D eigenvalue weighted by Gasteiger charge is -2.24. The smallest absolute Gasteiger partial charge is 0.251 e. The Kier molecular flexibility index (Phi) is 4.28. The molecule has 2 aromatic heterocycles. The third kappa shape index (κ3) is 2.94. The number of nitriles is 1. The van der Waals surface area contributed by atoms with Gasteiger partial charge in [0.05, 0.1) is 0 Å². The highest BCUT2D eigenvalue weighted by Crippen LogP contribution is 2.23. The zero-order valence-electron chi connectivity index (χ0n) is 14.1.